The molecule has 6 fully saturated rings. The number of phosphoric acid groups is 2. The van der Waals surface area contributed by atoms with Crippen molar-refractivity contribution in [2.45, 2.75) is 196 Å². The highest BCUT2D eigenvalue weighted by molar-refractivity contribution is 8.44. The van der Waals surface area contributed by atoms with Gasteiger partial charge in [0.1, 0.15) is 109 Å². The van der Waals surface area contributed by atoms with Crippen LogP contribution in [-0.2, 0) is 158 Å². The average Bonchev–Trinajstić information content (AvgIpc) is 1.63. The second-order valence-corrected chi connectivity index (χ2v) is 43.7. The van der Waals surface area contributed by atoms with E-state index in [4.69, 9.17) is 156 Å². The number of anilines is 2. The zero-order valence-corrected chi connectivity index (χ0v) is 84.2. The van der Waals surface area contributed by atoms with Crippen molar-refractivity contribution in [3.05, 3.63) is 175 Å². The van der Waals surface area contributed by atoms with Crippen LogP contribution < -0.4 is 67.8 Å². The van der Waals surface area contributed by atoms with Crippen LogP contribution in [0.1, 0.15) is 85.0 Å². The summed E-state index contributed by atoms with van der Waals surface area (Å²) in [5, 5.41) is 11.7. The number of aliphatic hydroxyl groups is 1. The Morgan fingerprint density at radius 1 is 0.404 bits per heavy atom. The minimum absolute atomic E-state index is 0.0200. The molecule has 0 aromatic carbocycles. The summed E-state index contributed by atoms with van der Waals surface area (Å²) in [7, 11) is -5.33. The molecule has 141 heavy (non-hydrogen) atoms. The van der Waals surface area contributed by atoms with Crippen molar-refractivity contribution in [2.75, 3.05) is 146 Å². The van der Waals surface area contributed by atoms with Gasteiger partial charge in [0.25, 0.3) is 22.2 Å². The molecule has 0 bridgehead atoms. The number of nitrogen functional groups attached to an aromatic ring is 2. The number of nitrogens with two attached hydrogens (primary N) is 2. The Labute approximate surface area is 813 Å². The van der Waals surface area contributed by atoms with Crippen molar-refractivity contribution >= 4 is 83.4 Å². The van der Waals surface area contributed by atoms with Gasteiger partial charge in [0, 0.05) is 107 Å². The first-order chi connectivity index (χ1) is 66.7. The van der Waals surface area contributed by atoms with Crippen LogP contribution in [0.5, 0.6) is 0 Å². The molecule has 28 atom stereocenters. The van der Waals surface area contributed by atoms with Crippen LogP contribution in [0, 0.1) is 34.6 Å². The molecule has 6 aliphatic rings. The average molecular weight is 2160 g/mol. The van der Waals surface area contributed by atoms with Gasteiger partial charge in [-0.3, -0.25) is 98.2 Å². The number of ether oxygens (including phenoxy) is 16. The van der Waals surface area contributed by atoms with Crippen molar-refractivity contribution in [1.82, 2.24) is 57.3 Å². The molecule has 12 rings (SSSR count). The zero-order valence-electron chi connectivity index (χ0n) is 77.2. The molecule has 0 amide bonds. The Bertz CT molecular complexity index is 6230. The van der Waals surface area contributed by atoms with Crippen LogP contribution in [0.3, 0.4) is 0 Å². The van der Waals surface area contributed by atoms with Crippen LogP contribution in [0.4, 0.5) is 11.6 Å². The van der Waals surface area contributed by atoms with Gasteiger partial charge in [0.2, 0.25) is 0 Å². The van der Waals surface area contributed by atoms with Crippen LogP contribution in [0.15, 0.2) is 91.2 Å². The number of rotatable bonds is 52. The molecule has 0 aliphatic carbocycles. The van der Waals surface area contributed by atoms with E-state index in [0.717, 1.165) is 46.0 Å². The van der Waals surface area contributed by atoms with Gasteiger partial charge in [0.05, 0.1) is 111 Å². The number of thiol groups is 1. The third-order valence-electron chi connectivity index (χ3n) is 22.6. The summed E-state index contributed by atoms with van der Waals surface area (Å²) in [6.07, 6.45) is -31.8. The monoisotopic (exact) mass is 2160 g/mol. The number of hydrogen-bond acceptors (Lipinski definition) is 46. The number of aromatic nitrogens is 12. The fourth-order valence-corrected chi connectivity index (χ4v) is 22.0. The Hall–Kier alpha value is -6.82. The van der Waals surface area contributed by atoms with Crippen molar-refractivity contribution in [1.29, 1.82) is 0 Å². The maximum absolute atomic E-state index is 15.5. The molecule has 6 aromatic rings. The molecule has 66 heteroatoms. The van der Waals surface area contributed by atoms with E-state index >= 15 is 13.7 Å². The Kier molecular flexibility index (Phi) is 39.5. The minimum atomic E-state index is -6.00. The highest BCUT2D eigenvalue weighted by Gasteiger charge is 2.59. The largest absolute Gasteiger partial charge is 0.472 e. The fraction of sp³-hybridized carbons (Fsp3) is 0.680. The van der Waals surface area contributed by atoms with Crippen molar-refractivity contribution in [3.63, 3.8) is 0 Å². The van der Waals surface area contributed by atoms with Gasteiger partial charge in [-0.2, -0.15) is 9.97 Å². The first kappa shape index (κ1) is 113. The Morgan fingerprint density at radius 2 is 0.730 bits per heavy atom. The number of methoxy groups -OCH3 is 5. The van der Waals surface area contributed by atoms with Gasteiger partial charge in [-0.1, -0.05) is 19.2 Å². The van der Waals surface area contributed by atoms with Crippen LogP contribution in [0.2, 0.25) is 0 Å². The summed E-state index contributed by atoms with van der Waals surface area (Å²) in [6, 6.07) is 1.28. The van der Waals surface area contributed by atoms with Gasteiger partial charge >= 0.3 is 70.0 Å². The number of nitrogens with one attached hydrogen (secondary N) is 4. The lowest BCUT2D eigenvalue weighted by atomic mass is 10.1. The summed E-state index contributed by atoms with van der Waals surface area (Å²) in [5.41, 5.74) is 2.45. The summed E-state index contributed by atoms with van der Waals surface area (Å²) in [6.45, 7) is -14.1. The molecule has 0 saturated carbocycles. The lowest BCUT2D eigenvalue weighted by Gasteiger charge is -2.30. The van der Waals surface area contributed by atoms with Gasteiger partial charge < -0.3 is 126 Å². The zero-order chi connectivity index (χ0) is 103. The summed E-state index contributed by atoms with van der Waals surface area (Å²) in [5.74, 6) is -0.351. The number of phosphoric ester groups is 2. The van der Waals surface area contributed by atoms with Gasteiger partial charge in [0.15, 0.2) is 31.1 Å². The molecule has 0 spiro atoms. The molecule has 12 heterocycles. The molecular weight excluding hydrogens is 2050 g/mol. The standard InChI is InChI=1S/C75H111N14O44P5S3/c1-12-41-42(25-49(123-41)85-27-37(3)61(91)80-72(85)97)129-136(105,139)121-34-46-52(57(115-22-17-110-9)66(127-46)86-26-36(2)60(77)79-71(86)96)131-134(101,102)118-32-44-51(56(114-21-16-109-8)67(125-44)87-28-38(4)62(92)81-73(87)98)130-135(103,104)119-33-45-53(58(116-23-18-111-10)68(126-45)88-29-39(5)63(93)82-74(88)99)132-138(107,141)122-35-47-54(59(117-24-19-112-11)69(128-47)89-30-40(6)64(94)83-75(89)100)133-137(106,140)120-31-43-50(90)55(113-20-15-108-7)65(124-43)84-14-13-48(76)78-70(84)95/h13-14,26-30,41-47,49-59,65-69,90H,12,15-25,31-35H2,1-11H3,(H,101,102)(H,103,104)(H,105,139)(H,106,140)(H,107,141)(H2,76,78,95)(H2,77,79,96)(H,80,91,97)(H,81,92,98)(H,82,93,99)(H,83,94,100)/t41-,42?,43-,44-,45-,46-,47-,49-,50?,51?,52?,53?,54?,55+,56+,57+,58+,59+,65-,66-,67-,68-,69-,136?,137?,138?/m1/s1. The molecule has 58 nitrogen and oxygen atoms in total. The normalized spacial score (nSPS) is 29.6. The molecule has 13 N–H and O–H groups in total. The lowest BCUT2D eigenvalue weighted by molar-refractivity contribution is -0.0853. The number of hydrogen-bond donors (Lipinski definition) is 12. The van der Waals surface area contributed by atoms with Crippen LogP contribution in [-0.4, -0.2) is 320 Å². The lowest BCUT2D eigenvalue weighted by Crippen LogP contribution is -2.42. The number of nitrogens with zero attached hydrogens (tertiary/aromatic N) is 8. The Morgan fingerprint density at radius 3 is 1.13 bits per heavy atom. The molecule has 6 aliphatic heterocycles. The molecule has 6 aromatic heterocycles. The molecule has 11 unspecified atom stereocenters. The predicted octanol–water partition coefficient (Wildman–Crippen LogP) is -2.21. The highest BCUT2D eigenvalue weighted by atomic mass is 32.7. The maximum atomic E-state index is 15.5. The third kappa shape index (κ3) is 28.4. The third-order valence-corrected chi connectivity index (χ3v) is 29.3. The van der Waals surface area contributed by atoms with E-state index in [2.05, 4.69) is 42.2 Å². The van der Waals surface area contributed by atoms with E-state index in [0.29, 0.717) is 0 Å². The second-order valence-electron chi connectivity index (χ2n) is 32.4. The topological polar surface area (TPSA) is 734 Å². The van der Waals surface area contributed by atoms with E-state index in [9.17, 15) is 72.6 Å². The summed E-state index contributed by atoms with van der Waals surface area (Å²) in [4.78, 5) is 198. The van der Waals surface area contributed by atoms with E-state index in [1.54, 1.807) is 6.92 Å². The SMILES string of the molecule is CC[C@H]1O[C@@H](n2cc(C)c(=O)[nH]c2=O)CC1OP(O)(=S)OC[C@H]1O[C@@H](n2cc(C)c(N)nc2=O)[C@@H](OCCOC)C1OP(=O)(O)OC[C@H]1O[C@@H](n2cc(C)c(=O)[nH]c2=O)[C@@H](OCCOC)C1OP(=O)(O)OC[C@H]1O[C@@H](n2cc(C)c(=O)[nH]c2=O)[C@@H](OCCOC)C1OP(=O)(S)OC[C@H]1O[C@@H](n2cc(C)c(=O)[nH]c2=O)[C@@H](OCCOC)C1OP(O)(=S)OC[C@H]1O[C@@H](n2ccc(N)nc2=O)[C@@H](OCCOC)C1O. The quantitative estimate of drug-likeness (QED) is 0.0109. The minimum Gasteiger partial charge on any atom is -0.387 e. The highest BCUT2D eigenvalue weighted by Crippen LogP contribution is 2.60. The second kappa shape index (κ2) is 49.3. The van der Waals surface area contributed by atoms with E-state index in [-0.39, 0.29) is 105 Å². The number of H-pyrrole nitrogens is 4. The number of aromatic amines is 4. The van der Waals surface area contributed by atoms with Crippen molar-refractivity contribution < 1.29 is 159 Å². The van der Waals surface area contributed by atoms with Gasteiger partial charge in [-0.05, 0) is 70.7 Å². The molecule has 0 radical (unpaired) electrons. The van der Waals surface area contributed by atoms with Crippen molar-refractivity contribution in [3.8, 4) is 0 Å². The summed E-state index contributed by atoms with van der Waals surface area (Å²) >= 11 is 15.5. The van der Waals surface area contributed by atoms with Gasteiger partial charge in [-0.15, -0.1) is 0 Å². The number of aryl methyl sites for hydroxylation is 5. The van der Waals surface area contributed by atoms with Crippen molar-refractivity contribution in [2.24, 2.45) is 0 Å². The molecular formula is C75H111N14O44P5S3. The van der Waals surface area contributed by atoms with Crippen LogP contribution >= 0.6 is 48.1 Å². The maximum Gasteiger partial charge on any atom is 0.472 e. The van der Waals surface area contributed by atoms with E-state index < -0.39 is 280 Å². The van der Waals surface area contributed by atoms with E-state index in [1.807, 2.05) is 0 Å². The van der Waals surface area contributed by atoms with E-state index in [1.165, 1.54) is 94.8 Å². The predicted molar refractivity (Wildman–Crippen MR) is 491 cm³/mol. The fourth-order valence-electron chi connectivity index (χ4n) is 15.7. The number of aliphatic hydroxyl groups excluding tert-OH is 1. The van der Waals surface area contributed by atoms with Gasteiger partial charge in [-0.25, -0.2) is 42.5 Å². The first-order valence-electron chi connectivity index (χ1n) is 43.1. The smallest absolute Gasteiger partial charge is 0.387 e. The Balaban J connectivity index is 0.843. The first-order valence-corrected chi connectivity index (χ1v) is 54.0. The summed E-state index contributed by atoms with van der Waals surface area (Å²) < 4.78 is 206. The molecule has 788 valence electrons. The van der Waals surface area contributed by atoms with Crippen LogP contribution in [0.25, 0.3) is 0 Å². The molecule has 6 saturated heterocycles.